The summed E-state index contributed by atoms with van der Waals surface area (Å²) in [5, 5.41) is 13.6. The SMILES string of the molecule is CCc1ccsc1CNC(=O)c1cccn1CC(=O)O. The summed E-state index contributed by atoms with van der Waals surface area (Å²) in [6.45, 7) is 2.33. The molecule has 2 aromatic heterocycles. The van der Waals surface area contributed by atoms with Gasteiger partial charge in [-0.15, -0.1) is 11.3 Å². The van der Waals surface area contributed by atoms with E-state index in [4.69, 9.17) is 5.11 Å². The number of thiophene rings is 1. The van der Waals surface area contributed by atoms with E-state index in [0.717, 1.165) is 11.3 Å². The molecule has 0 aliphatic rings. The van der Waals surface area contributed by atoms with Crippen molar-refractivity contribution < 1.29 is 14.7 Å². The van der Waals surface area contributed by atoms with Crippen LogP contribution in [0.2, 0.25) is 0 Å². The van der Waals surface area contributed by atoms with Gasteiger partial charge in [0.2, 0.25) is 0 Å². The molecule has 0 saturated heterocycles. The van der Waals surface area contributed by atoms with E-state index in [1.807, 2.05) is 5.38 Å². The standard InChI is InChI=1S/C14H16N2O3S/c1-2-10-5-7-20-12(10)8-15-14(19)11-4-3-6-16(11)9-13(17)18/h3-7H,2,8-9H2,1H3,(H,15,19)(H,17,18). The zero-order chi connectivity index (χ0) is 14.5. The van der Waals surface area contributed by atoms with Crippen molar-refractivity contribution in [3.8, 4) is 0 Å². The van der Waals surface area contributed by atoms with Crippen molar-refractivity contribution in [3.63, 3.8) is 0 Å². The van der Waals surface area contributed by atoms with E-state index in [0.29, 0.717) is 12.2 Å². The van der Waals surface area contributed by atoms with E-state index >= 15 is 0 Å². The molecule has 0 radical (unpaired) electrons. The van der Waals surface area contributed by atoms with Gasteiger partial charge in [-0.3, -0.25) is 9.59 Å². The van der Waals surface area contributed by atoms with Crippen LogP contribution in [0.4, 0.5) is 0 Å². The lowest BCUT2D eigenvalue weighted by molar-refractivity contribution is -0.137. The van der Waals surface area contributed by atoms with E-state index in [1.165, 1.54) is 10.1 Å². The number of carbonyl (C=O) groups excluding carboxylic acids is 1. The first-order valence-corrected chi connectivity index (χ1v) is 7.20. The summed E-state index contributed by atoms with van der Waals surface area (Å²) in [5.74, 6) is -1.23. The molecule has 0 unspecified atom stereocenters. The predicted molar refractivity (Wildman–Crippen MR) is 76.9 cm³/mol. The van der Waals surface area contributed by atoms with Gasteiger partial charge in [-0.2, -0.15) is 0 Å². The molecule has 0 saturated carbocycles. The Hall–Kier alpha value is -2.08. The summed E-state index contributed by atoms with van der Waals surface area (Å²) in [6, 6.07) is 5.34. The second-order valence-electron chi connectivity index (χ2n) is 4.32. The molecule has 0 fully saturated rings. The number of rotatable bonds is 6. The summed E-state index contributed by atoms with van der Waals surface area (Å²) in [6.07, 6.45) is 2.52. The summed E-state index contributed by atoms with van der Waals surface area (Å²) in [5.41, 5.74) is 1.60. The zero-order valence-electron chi connectivity index (χ0n) is 11.1. The lowest BCUT2D eigenvalue weighted by Gasteiger charge is -2.08. The largest absolute Gasteiger partial charge is 0.480 e. The maximum atomic E-state index is 12.1. The maximum Gasteiger partial charge on any atom is 0.323 e. The summed E-state index contributed by atoms with van der Waals surface area (Å²) >= 11 is 1.61. The molecule has 20 heavy (non-hydrogen) atoms. The molecule has 2 rings (SSSR count). The van der Waals surface area contributed by atoms with Crippen LogP contribution in [0.3, 0.4) is 0 Å². The highest BCUT2D eigenvalue weighted by Gasteiger charge is 2.13. The first-order valence-electron chi connectivity index (χ1n) is 6.32. The molecule has 106 valence electrons. The molecule has 5 nitrogen and oxygen atoms in total. The van der Waals surface area contributed by atoms with E-state index < -0.39 is 5.97 Å². The summed E-state index contributed by atoms with van der Waals surface area (Å²) < 4.78 is 1.42. The molecular weight excluding hydrogens is 276 g/mol. The van der Waals surface area contributed by atoms with Crippen LogP contribution in [0.1, 0.15) is 27.9 Å². The monoisotopic (exact) mass is 292 g/mol. The number of aliphatic carboxylic acids is 1. The molecule has 0 aromatic carbocycles. The van der Waals surface area contributed by atoms with Gasteiger partial charge in [0.05, 0.1) is 6.54 Å². The van der Waals surface area contributed by atoms with Gasteiger partial charge in [0.15, 0.2) is 0 Å². The van der Waals surface area contributed by atoms with Crippen LogP contribution in [0, 0.1) is 0 Å². The average Bonchev–Trinajstić information content (AvgIpc) is 3.03. The molecule has 0 aliphatic carbocycles. The topological polar surface area (TPSA) is 71.3 Å². The third kappa shape index (κ3) is 3.27. The average molecular weight is 292 g/mol. The Labute approximate surface area is 120 Å². The Morgan fingerprint density at radius 3 is 2.90 bits per heavy atom. The molecule has 6 heteroatoms. The van der Waals surface area contributed by atoms with Crippen LogP contribution in [0.15, 0.2) is 29.8 Å². The number of carboxylic acids is 1. The number of hydrogen-bond donors (Lipinski definition) is 2. The van der Waals surface area contributed by atoms with Crippen molar-refractivity contribution in [2.24, 2.45) is 0 Å². The summed E-state index contributed by atoms with van der Waals surface area (Å²) in [4.78, 5) is 23.9. The Morgan fingerprint density at radius 2 is 2.20 bits per heavy atom. The molecule has 0 spiro atoms. The van der Waals surface area contributed by atoms with Gasteiger partial charge >= 0.3 is 5.97 Å². The van der Waals surface area contributed by atoms with Crippen molar-refractivity contribution in [2.45, 2.75) is 26.4 Å². The van der Waals surface area contributed by atoms with Gasteiger partial charge in [0, 0.05) is 11.1 Å². The van der Waals surface area contributed by atoms with Gasteiger partial charge in [0.25, 0.3) is 5.91 Å². The highest BCUT2D eigenvalue weighted by atomic mass is 32.1. The fourth-order valence-electron chi connectivity index (χ4n) is 1.99. The van der Waals surface area contributed by atoms with Crippen LogP contribution in [0.25, 0.3) is 0 Å². The van der Waals surface area contributed by atoms with Crippen LogP contribution in [0.5, 0.6) is 0 Å². The van der Waals surface area contributed by atoms with Gasteiger partial charge in [-0.1, -0.05) is 6.92 Å². The quantitative estimate of drug-likeness (QED) is 0.856. The third-order valence-electron chi connectivity index (χ3n) is 3.00. The molecular formula is C14H16N2O3S. The molecule has 1 amide bonds. The number of aromatic nitrogens is 1. The van der Waals surface area contributed by atoms with Crippen molar-refractivity contribution in [3.05, 3.63) is 45.9 Å². The first-order chi connectivity index (χ1) is 9.61. The fraction of sp³-hybridized carbons (Fsp3) is 0.286. The van der Waals surface area contributed by atoms with E-state index in [1.54, 1.807) is 29.7 Å². The number of nitrogens with zero attached hydrogens (tertiary/aromatic N) is 1. The third-order valence-corrected chi connectivity index (χ3v) is 3.96. The van der Waals surface area contributed by atoms with Crippen molar-refractivity contribution in [1.82, 2.24) is 9.88 Å². The summed E-state index contributed by atoms with van der Waals surface area (Å²) in [7, 11) is 0. The Kier molecular flexibility index (Phi) is 4.57. The highest BCUT2D eigenvalue weighted by Crippen LogP contribution is 2.17. The van der Waals surface area contributed by atoms with Crippen LogP contribution < -0.4 is 5.32 Å². The van der Waals surface area contributed by atoms with Crippen molar-refractivity contribution in [2.75, 3.05) is 0 Å². The molecule has 0 aliphatic heterocycles. The second-order valence-corrected chi connectivity index (χ2v) is 5.32. The first kappa shape index (κ1) is 14.3. The lowest BCUT2D eigenvalue weighted by Crippen LogP contribution is -2.26. The van der Waals surface area contributed by atoms with Crippen molar-refractivity contribution >= 4 is 23.2 Å². The molecule has 2 aromatic rings. The number of aryl methyl sites for hydroxylation is 1. The van der Waals surface area contributed by atoms with Gasteiger partial charge in [-0.25, -0.2) is 0 Å². The number of hydrogen-bond acceptors (Lipinski definition) is 3. The number of nitrogens with one attached hydrogen (secondary N) is 1. The van der Waals surface area contributed by atoms with Crippen LogP contribution >= 0.6 is 11.3 Å². The second kappa shape index (κ2) is 6.38. The number of carbonyl (C=O) groups is 2. The van der Waals surface area contributed by atoms with Gasteiger partial charge in [-0.05, 0) is 35.6 Å². The van der Waals surface area contributed by atoms with E-state index in [2.05, 4.69) is 18.3 Å². The highest BCUT2D eigenvalue weighted by molar-refractivity contribution is 7.10. The number of carboxylic acid groups (broad SMARTS) is 1. The zero-order valence-corrected chi connectivity index (χ0v) is 11.9. The van der Waals surface area contributed by atoms with Crippen LogP contribution in [-0.2, 0) is 24.3 Å². The molecule has 2 heterocycles. The fourth-order valence-corrected chi connectivity index (χ4v) is 2.91. The van der Waals surface area contributed by atoms with E-state index in [-0.39, 0.29) is 12.5 Å². The molecule has 0 bridgehead atoms. The normalized spacial score (nSPS) is 10.4. The van der Waals surface area contributed by atoms with E-state index in [9.17, 15) is 9.59 Å². The smallest absolute Gasteiger partial charge is 0.323 e. The lowest BCUT2D eigenvalue weighted by atomic mass is 10.2. The molecule has 0 atom stereocenters. The maximum absolute atomic E-state index is 12.1. The minimum atomic E-state index is -0.971. The Morgan fingerprint density at radius 1 is 1.40 bits per heavy atom. The minimum Gasteiger partial charge on any atom is -0.480 e. The van der Waals surface area contributed by atoms with Crippen molar-refractivity contribution in [1.29, 1.82) is 0 Å². The molecule has 2 N–H and O–H groups in total. The van der Waals surface area contributed by atoms with Gasteiger partial charge < -0.3 is 15.0 Å². The van der Waals surface area contributed by atoms with Gasteiger partial charge in [0.1, 0.15) is 12.2 Å². The number of amides is 1. The Balaban J connectivity index is 2.02. The minimum absolute atomic E-state index is 0.213. The predicted octanol–water partition coefficient (Wildman–Crippen LogP) is 2.13. The Bertz CT molecular complexity index is 615. The van der Waals surface area contributed by atoms with Crippen LogP contribution in [-0.4, -0.2) is 21.6 Å².